The Bertz CT molecular complexity index is 354. The molecule has 0 bridgehead atoms. The third-order valence-corrected chi connectivity index (χ3v) is 4.88. The van der Waals surface area contributed by atoms with Gasteiger partial charge in [0.25, 0.3) is 0 Å². The Hall–Kier alpha value is -0.990. The molecule has 6 N–H and O–H groups in total. The molecule has 2 amide bonds. The number of rotatable bonds is 5. The molecule has 7 nitrogen and oxygen atoms in total. The molecule has 0 saturated carbocycles. The number of carbonyl (C=O) groups excluding carboxylic acids is 1. The van der Waals surface area contributed by atoms with Gasteiger partial charge in [-0.15, -0.1) is 11.8 Å². The molecule has 2 rings (SSSR count). The van der Waals surface area contributed by atoms with Crippen molar-refractivity contribution in [1.29, 1.82) is 0 Å². The molecule has 1 unspecified atom stereocenters. The molecular weight excluding hydrogens is 256 g/mol. The average molecular weight is 274 g/mol. The maximum Gasteiger partial charge on any atom is 0.332 e. The number of amides is 2. The van der Waals surface area contributed by atoms with Crippen molar-refractivity contribution in [2.45, 2.75) is 48.4 Å². The van der Waals surface area contributed by atoms with Crippen LogP contribution in [0.2, 0.25) is 0 Å². The first-order valence-electron chi connectivity index (χ1n) is 5.98. The van der Waals surface area contributed by atoms with Crippen molar-refractivity contribution in [3.63, 3.8) is 0 Å². The number of urea groups is 1. The van der Waals surface area contributed by atoms with E-state index in [-0.39, 0.29) is 35.2 Å². The number of carboxylic acids is 1. The Labute approximate surface area is 109 Å². The molecule has 2 aliphatic rings. The van der Waals surface area contributed by atoms with E-state index >= 15 is 0 Å². The molecule has 2 aliphatic heterocycles. The van der Waals surface area contributed by atoms with Crippen molar-refractivity contribution in [3.8, 4) is 0 Å². The van der Waals surface area contributed by atoms with Gasteiger partial charge < -0.3 is 16.2 Å². The second kappa shape index (κ2) is 5.33. The minimum atomic E-state index is -0.772. The second-order valence-electron chi connectivity index (χ2n) is 4.65. The van der Waals surface area contributed by atoms with Crippen LogP contribution >= 0.6 is 11.8 Å². The summed E-state index contributed by atoms with van der Waals surface area (Å²) in [5, 5.41) is 12.6. The van der Waals surface area contributed by atoms with Gasteiger partial charge in [0.15, 0.2) is 0 Å². The summed E-state index contributed by atoms with van der Waals surface area (Å²) < 4.78 is 0. The molecule has 0 radical (unpaired) electrons. The number of hydrogen-bond acceptors (Lipinski definition) is 5. The first kappa shape index (κ1) is 13.4. The Morgan fingerprint density at radius 3 is 2.89 bits per heavy atom. The van der Waals surface area contributed by atoms with E-state index in [2.05, 4.69) is 5.32 Å². The van der Waals surface area contributed by atoms with E-state index in [9.17, 15) is 9.59 Å². The monoisotopic (exact) mass is 274 g/mol. The molecule has 0 aliphatic carbocycles. The number of nitrogens with two attached hydrogens (primary N) is 2. The maximum atomic E-state index is 11.4. The number of aliphatic carboxylic acids is 1. The van der Waals surface area contributed by atoms with E-state index in [0.717, 1.165) is 12.8 Å². The molecule has 2 fully saturated rings. The van der Waals surface area contributed by atoms with Crippen LogP contribution in [0.3, 0.4) is 0 Å². The fourth-order valence-corrected chi connectivity index (χ4v) is 4.09. The first-order valence-corrected chi connectivity index (χ1v) is 6.92. The SMILES string of the molecule is NC1S[C@H](CCCCC(=O)O)[C@@H]2NC(=O)N(N)[C@H]12. The number of nitrogens with one attached hydrogen (secondary N) is 1. The van der Waals surface area contributed by atoms with Gasteiger partial charge in [-0.05, 0) is 12.8 Å². The fraction of sp³-hybridized carbons (Fsp3) is 0.800. The molecule has 0 spiro atoms. The van der Waals surface area contributed by atoms with Crippen molar-refractivity contribution in [2.75, 3.05) is 0 Å². The predicted molar refractivity (Wildman–Crippen MR) is 67.6 cm³/mol. The number of hydrogen-bond donors (Lipinski definition) is 4. The minimum Gasteiger partial charge on any atom is -0.481 e. The summed E-state index contributed by atoms with van der Waals surface area (Å²) in [5.41, 5.74) is 5.97. The van der Waals surface area contributed by atoms with E-state index in [1.807, 2.05) is 0 Å². The van der Waals surface area contributed by atoms with Crippen LogP contribution in [-0.4, -0.2) is 44.8 Å². The zero-order valence-electron chi connectivity index (χ0n) is 9.91. The number of unbranched alkanes of at least 4 members (excludes halogenated alkanes) is 1. The highest BCUT2D eigenvalue weighted by Gasteiger charge is 2.51. The lowest BCUT2D eigenvalue weighted by Gasteiger charge is -2.19. The normalized spacial score (nSPS) is 34.6. The smallest absolute Gasteiger partial charge is 0.332 e. The summed E-state index contributed by atoms with van der Waals surface area (Å²) in [6, 6.07) is -0.462. The lowest BCUT2D eigenvalue weighted by atomic mass is 10.0. The molecule has 2 saturated heterocycles. The Morgan fingerprint density at radius 1 is 1.50 bits per heavy atom. The summed E-state index contributed by atoms with van der Waals surface area (Å²) >= 11 is 1.62. The number of nitrogens with zero attached hydrogens (tertiary/aromatic N) is 1. The van der Waals surface area contributed by atoms with Crippen LogP contribution in [0.25, 0.3) is 0 Å². The highest BCUT2D eigenvalue weighted by molar-refractivity contribution is 8.00. The zero-order chi connectivity index (χ0) is 13.3. The summed E-state index contributed by atoms with van der Waals surface area (Å²) in [4.78, 5) is 21.9. The molecule has 4 atom stereocenters. The highest BCUT2D eigenvalue weighted by atomic mass is 32.2. The van der Waals surface area contributed by atoms with Crippen molar-refractivity contribution in [2.24, 2.45) is 11.6 Å². The maximum absolute atomic E-state index is 11.4. The highest BCUT2D eigenvalue weighted by Crippen LogP contribution is 2.38. The van der Waals surface area contributed by atoms with Crippen molar-refractivity contribution >= 4 is 23.8 Å². The van der Waals surface area contributed by atoms with Gasteiger partial charge in [-0.1, -0.05) is 6.42 Å². The average Bonchev–Trinajstić information content (AvgIpc) is 2.75. The molecule has 0 aromatic carbocycles. The number of hydrazine groups is 1. The molecule has 0 aromatic rings. The Balaban J connectivity index is 1.84. The van der Waals surface area contributed by atoms with Gasteiger partial charge in [0, 0.05) is 11.7 Å². The van der Waals surface area contributed by atoms with Crippen LogP contribution in [0.15, 0.2) is 0 Å². The second-order valence-corrected chi connectivity index (χ2v) is 6.07. The van der Waals surface area contributed by atoms with Gasteiger partial charge >= 0.3 is 12.0 Å². The van der Waals surface area contributed by atoms with Crippen LogP contribution in [0.5, 0.6) is 0 Å². The van der Waals surface area contributed by atoms with E-state index < -0.39 is 5.97 Å². The van der Waals surface area contributed by atoms with E-state index in [1.165, 1.54) is 5.01 Å². The van der Waals surface area contributed by atoms with Crippen LogP contribution < -0.4 is 16.9 Å². The van der Waals surface area contributed by atoms with Crippen LogP contribution in [0, 0.1) is 0 Å². The summed E-state index contributed by atoms with van der Waals surface area (Å²) in [6.07, 6.45) is 2.51. The summed E-state index contributed by atoms with van der Waals surface area (Å²) in [5.74, 6) is 4.89. The first-order chi connectivity index (χ1) is 8.50. The molecule has 18 heavy (non-hydrogen) atoms. The third kappa shape index (κ3) is 2.55. The molecule has 0 aromatic heterocycles. The Kier molecular flexibility index (Phi) is 3.98. The van der Waals surface area contributed by atoms with Gasteiger partial charge in [0.1, 0.15) is 0 Å². The minimum absolute atomic E-state index is 0.0210. The molecule has 8 heteroatoms. The Morgan fingerprint density at radius 2 is 2.22 bits per heavy atom. The lowest BCUT2D eigenvalue weighted by Crippen LogP contribution is -2.48. The quantitative estimate of drug-likeness (QED) is 0.236. The van der Waals surface area contributed by atoms with E-state index in [0.29, 0.717) is 6.42 Å². The number of fused-ring (bicyclic) bond motifs is 1. The largest absolute Gasteiger partial charge is 0.481 e. The number of carbonyl (C=O) groups is 2. The standard InChI is InChI=1S/C10H18N4O3S/c11-9-8-7(13-10(17)14(8)12)5(18-9)3-1-2-4-6(15)16/h5,7-9H,1-4,11-12H2,(H,13,17)(H,15,16)/t5-,7+,8+,9?/m1/s1. The van der Waals surface area contributed by atoms with Gasteiger partial charge in [-0.25, -0.2) is 10.6 Å². The number of thioether (sulfide) groups is 1. The summed E-state index contributed by atoms with van der Waals surface area (Å²) in [7, 11) is 0. The topological polar surface area (TPSA) is 122 Å². The molecular formula is C10H18N4O3S. The number of carboxylic acid groups (broad SMARTS) is 1. The van der Waals surface area contributed by atoms with Gasteiger partial charge in [0.2, 0.25) is 0 Å². The zero-order valence-corrected chi connectivity index (χ0v) is 10.7. The predicted octanol–water partition coefficient (Wildman–Crippen LogP) is -0.332. The van der Waals surface area contributed by atoms with E-state index in [1.54, 1.807) is 11.8 Å². The molecule has 102 valence electrons. The molecule has 2 heterocycles. The lowest BCUT2D eigenvalue weighted by molar-refractivity contribution is -0.137. The fourth-order valence-electron chi connectivity index (χ4n) is 2.52. The third-order valence-electron chi connectivity index (χ3n) is 3.41. The van der Waals surface area contributed by atoms with E-state index in [4.69, 9.17) is 16.7 Å². The summed E-state index contributed by atoms with van der Waals surface area (Å²) in [6.45, 7) is 0. The van der Waals surface area contributed by atoms with Gasteiger partial charge in [0.05, 0.1) is 17.5 Å². The van der Waals surface area contributed by atoms with Gasteiger partial charge in [-0.3, -0.25) is 9.80 Å². The van der Waals surface area contributed by atoms with Crippen molar-refractivity contribution < 1.29 is 14.7 Å². The van der Waals surface area contributed by atoms with Gasteiger partial charge in [-0.2, -0.15) is 0 Å². The van der Waals surface area contributed by atoms with Crippen LogP contribution in [-0.2, 0) is 4.79 Å². The van der Waals surface area contributed by atoms with Crippen molar-refractivity contribution in [3.05, 3.63) is 0 Å². The van der Waals surface area contributed by atoms with Crippen LogP contribution in [0.1, 0.15) is 25.7 Å². The van der Waals surface area contributed by atoms with Crippen molar-refractivity contribution in [1.82, 2.24) is 10.3 Å². The van der Waals surface area contributed by atoms with Crippen LogP contribution in [0.4, 0.5) is 4.79 Å².